The van der Waals surface area contributed by atoms with E-state index >= 15 is 0 Å². The third-order valence-electron chi connectivity index (χ3n) is 6.12. The second kappa shape index (κ2) is 6.07. The molecule has 3 aliphatic heterocycles. The molecule has 10 heteroatoms. The number of carbonyl (C=O) groups is 1. The van der Waals surface area contributed by atoms with Crippen molar-refractivity contribution in [3.05, 3.63) is 39.3 Å². The minimum Gasteiger partial charge on any atom is -0.487 e. The fourth-order valence-electron chi connectivity index (χ4n) is 4.41. The summed E-state index contributed by atoms with van der Waals surface area (Å²) in [5, 5.41) is 2.89. The number of hydrogen-bond donors (Lipinski definition) is 2. The van der Waals surface area contributed by atoms with Crippen LogP contribution in [0.25, 0.3) is 0 Å². The van der Waals surface area contributed by atoms with Gasteiger partial charge in [-0.3, -0.25) is 4.79 Å². The van der Waals surface area contributed by atoms with Gasteiger partial charge in [-0.2, -0.15) is 0 Å². The van der Waals surface area contributed by atoms with Crippen molar-refractivity contribution in [1.82, 2.24) is 4.98 Å². The molecular formula is C19H19ClN4O4S. The molecule has 5 rings (SSSR count). The molecule has 0 radical (unpaired) electrons. The maximum Gasteiger partial charge on any atom is 0.283 e. The van der Waals surface area contributed by atoms with Gasteiger partial charge in [0, 0.05) is 11.3 Å². The molecule has 1 aromatic carbocycles. The first-order valence-corrected chi connectivity index (χ1v) is 10.3. The Morgan fingerprint density at radius 2 is 2.10 bits per heavy atom. The van der Waals surface area contributed by atoms with Gasteiger partial charge in [0.15, 0.2) is 4.47 Å². The number of nitrogens with one attached hydrogen (secondary N) is 1. The molecule has 152 valence electrons. The Labute approximate surface area is 176 Å². The number of carbonyl (C=O) groups excluding carboxylic acids is 1. The van der Waals surface area contributed by atoms with Gasteiger partial charge in [0.25, 0.3) is 11.9 Å². The van der Waals surface area contributed by atoms with Gasteiger partial charge in [-0.05, 0) is 32.0 Å². The van der Waals surface area contributed by atoms with E-state index in [4.69, 9.17) is 36.5 Å². The van der Waals surface area contributed by atoms with Crippen LogP contribution in [0.1, 0.15) is 29.1 Å². The summed E-state index contributed by atoms with van der Waals surface area (Å²) in [6.45, 7) is 5.33. The summed E-state index contributed by atoms with van der Waals surface area (Å²) in [6, 6.07) is 5.65. The van der Waals surface area contributed by atoms with Crippen LogP contribution in [0.3, 0.4) is 0 Å². The van der Waals surface area contributed by atoms with Crippen LogP contribution in [0.5, 0.6) is 5.75 Å². The number of anilines is 1. The Morgan fingerprint density at radius 3 is 2.69 bits per heavy atom. The Morgan fingerprint density at radius 1 is 1.31 bits per heavy atom. The molecule has 1 fully saturated rings. The standard InChI is InChI=1S/C19H19ClN4O4S/c1-17(2)18(7-26-8-18)19(9-27-16(21)24-19)11-5-10(3-4-12(11)28-17)23-14(25)13-6-22-15(20)29-13/h3-6H,7-9H2,1-2H3,(H2,21,24)(H,23,25). The van der Waals surface area contributed by atoms with Gasteiger partial charge < -0.3 is 25.3 Å². The van der Waals surface area contributed by atoms with Crippen LogP contribution in [0, 0.1) is 5.41 Å². The van der Waals surface area contributed by atoms with Crippen molar-refractivity contribution in [2.75, 3.05) is 25.1 Å². The predicted molar refractivity (Wildman–Crippen MR) is 109 cm³/mol. The first kappa shape index (κ1) is 18.7. The summed E-state index contributed by atoms with van der Waals surface area (Å²) in [7, 11) is 0. The number of aromatic nitrogens is 1. The second-order valence-corrected chi connectivity index (χ2v) is 9.54. The van der Waals surface area contributed by atoms with E-state index in [0.29, 0.717) is 40.6 Å². The Bertz CT molecular complexity index is 1050. The van der Waals surface area contributed by atoms with Gasteiger partial charge in [-0.25, -0.2) is 9.98 Å². The molecule has 29 heavy (non-hydrogen) atoms. The van der Waals surface area contributed by atoms with Crippen LogP contribution < -0.4 is 15.8 Å². The van der Waals surface area contributed by atoms with E-state index in [1.807, 2.05) is 26.0 Å². The number of hydrogen-bond acceptors (Lipinski definition) is 8. The Hall–Kier alpha value is -2.36. The molecule has 0 aliphatic carbocycles. The zero-order valence-corrected chi connectivity index (χ0v) is 17.4. The number of benzene rings is 1. The van der Waals surface area contributed by atoms with Crippen LogP contribution in [-0.4, -0.2) is 42.3 Å². The van der Waals surface area contributed by atoms with Crippen molar-refractivity contribution < 1.29 is 19.0 Å². The van der Waals surface area contributed by atoms with E-state index < -0.39 is 16.6 Å². The lowest BCUT2D eigenvalue weighted by atomic mass is 9.55. The third kappa shape index (κ3) is 2.50. The number of amides is 1. The SMILES string of the molecule is CC1(C)Oc2ccc(NC(=O)c3cnc(Cl)s3)cc2C2(COC(N)=N2)C12COC2. The van der Waals surface area contributed by atoms with Gasteiger partial charge >= 0.3 is 0 Å². The van der Waals surface area contributed by atoms with Crippen molar-refractivity contribution in [3.8, 4) is 5.75 Å². The third-order valence-corrected chi connectivity index (χ3v) is 7.23. The molecule has 2 spiro atoms. The summed E-state index contributed by atoms with van der Waals surface area (Å²) in [6.07, 6.45) is 1.45. The van der Waals surface area contributed by atoms with Gasteiger partial charge in [0.05, 0.1) is 24.8 Å². The molecule has 1 saturated heterocycles. The number of amidine groups is 1. The first-order chi connectivity index (χ1) is 13.8. The fourth-order valence-corrected chi connectivity index (χ4v) is 5.24. The number of nitrogens with zero attached hydrogens (tertiary/aromatic N) is 2. The van der Waals surface area contributed by atoms with Crippen molar-refractivity contribution in [2.24, 2.45) is 16.1 Å². The highest BCUT2D eigenvalue weighted by atomic mass is 35.5. The van der Waals surface area contributed by atoms with Gasteiger partial charge in [0.2, 0.25) is 0 Å². The summed E-state index contributed by atoms with van der Waals surface area (Å²) < 4.78 is 17.9. The number of halogens is 1. The van der Waals surface area contributed by atoms with Crippen molar-refractivity contribution in [3.63, 3.8) is 0 Å². The highest BCUT2D eigenvalue weighted by Crippen LogP contribution is 2.62. The lowest BCUT2D eigenvalue weighted by Crippen LogP contribution is -2.71. The van der Waals surface area contributed by atoms with Crippen LogP contribution >= 0.6 is 22.9 Å². The normalized spacial score (nSPS) is 25.6. The highest BCUT2D eigenvalue weighted by Gasteiger charge is 2.71. The smallest absolute Gasteiger partial charge is 0.283 e. The van der Waals surface area contributed by atoms with E-state index in [-0.39, 0.29) is 11.9 Å². The molecule has 3 N–H and O–H groups in total. The van der Waals surface area contributed by atoms with Crippen LogP contribution in [0.2, 0.25) is 4.47 Å². The predicted octanol–water partition coefficient (Wildman–Crippen LogP) is 2.78. The van der Waals surface area contributed by atoms with E-state index in [1.165, 1.54) is 6.20 Å². The Kier molecular flexibility index (Phi) is 3.90. The molecule has 0 saturated carbocycles. The molecule has 1 unspecified atom stereocenters. The van der Waals surface area contributed by atoms with Crippen molar-refractivity contribution >= 4 is 40.6 Å². The molecule has 8 nitrogen and oxygen atoms in total. The largest absolute Gasteiger partial charge is 0.487 e. The maximum absolute atomic E-state index is 12.5. The average molecular weight is 435 g/mol. The number of fused-ring (bicyclic) bond motifs is 3. The molecule has 0 bridgehead atoms. The van der Waals surface area contributed by atoms with E-state index in [1.54, 1.807) is 6.07 Å². The fraction of sp³-hybridized carbons (Fsp3) is 0.421. The molecule has 1 atom stereocenters. The van der Waals surface area contributed by atoms with Crippen LogP contribution in [0.4, 0.5) is 5.69 Å². The maximum atomic E-state index is 12.5. The van der Waals surface area contributed by atoms with E-state index in [0.717, 1.165) is 16.9 Å². The van der Waals surface area contributed by atoms with Gasteiger partial charge in [0.1, 0.15) is 28.4 Å². The molecule has 1 aromatic heterocycles. The van der Waals surface area contributed by atoms with Crippen molar-refractivity contribution in [1.29, 1.82) is 0 Å². The monoisotopic (exact) mass is 434 g/mol. The van der Waals surface area contributed by atoms with Crippen LogP contribution in [0.15, 0.2) is 29.4 Å². The Balaban J connectivity index is 1.58. The lowest BCUT2D eigenvalue weighted by Gasteiger charge is -2.61. The number of ether oxygens (including phenoxy) is 3. The average Bonchev–Trinajstić information content (AvgIpc) is 3.21. The topological polar surface area (TPSA) is 108 Å². The second-order valence-electron chi connectivity index (χ2n) is 7.93. The summed E-state index contributed by atoms with van der Waals surface area (Å²) in [5.74, 6) is 0.404. The summed E-state index contributed by atoms with van der Waals surface area (Å²) in [4.78, 5) is 21.6. The number of nitrogens with two attached hydrogens (primary N) is 1. The molecule has 3 aliphatic rings. The minimum absolute atomic E-state index is 0.147. The number of thiazole rings is 1. The van der Waals surface area contributed by atoms with Gasteiger partial charge in [-0.15, -0.1) is 0 Å². The zero-order chi connectivity index (χ0) is 20.4. The summed E-state index contributed by atoms with van der Waals surface area (Å²) in [5.41, 5.74) is 5.65. The first-order valence-electron chi connectivity index (χ1n) is 9.08. The minimum atomic E-state index is -0.749. The number of aliphatic imine (C=N–C) groups is 1. The lowest BCUT2D eigenvalue weighted by molar-refractivity contribution is -0.247. The molecule has 1 amide bonds. The van der Waals surface area contributed by atoms with Gasteiger partial charge in [-0.1, -0.05) is 22.9 Å². The highest BCUT2D eigenvalue weighted by molar-refractivity contribution is 7.17. The molecule has 2 aromatic rings. The van der Waals surface area contributed by atoms with E-state index in [9.17, 15) is 4.79 Å². The summed E-state index contributed by atoms with van der Waals surface area (Å²) >= 11 is 6.95. The number of rotatable bonds is 2. The quantitative estimate of drug-likeness (QED) is 0.752. The van der Waals surface area contributed by atoms with Crippen molar-refractivity contribution in [2.45, 2.75) is 25.0 Å². The van der Waals surface area contributed by atoms with Crippen LogP contribution in [-0.2, 0) is 15.0 Å². The molecular weight excluding hydrogens is 416 g/mol. The zero-order valence-electron chi connectivity index (χ0n) is 15.8. The van der Waals surface area contributed by atoms with E-state index in [2.05, 4.69) is 10.3 Å². The molecule has 4 heterocycles.